The van der Waals surface area contributed by atoms with Crippen LogP contribution >= 0.6 is 0 Å². The topological polar surface area (TPSA) is 121 Å². The van der Waals surface area contributed by atoms with Gasteiger partial charge in [-0.15, -0.1) is 0 Å². The van der Waals surface area contributed by atoms with E-state index in [1.807, 2.05) is 0 Å². The zero-order valence-electron chi connectivity index (χ0n) is 10.4. The van der Waals surface area contributed by atoms with Crippen LogP contribution in [0, 0.1) is 10.1 Å². The fourth-order valence-corrected chi connectivity index (χ4v) is 1.65. The van der Waals surface area contributed by atoms with Gasteiger partial charge in [-0.3, -0.25) is 14.9 Å². The summed E-state index contributed by atoms with van der Waals surface area (Å²) in [4.78, 5) is 28.4. The number of carbonyl (C=O) groups is 1. The van der Waals surface area contributed by atoms with E-state index in [0.29, 0.717) is 13.0 Å². The van der Waals surface area contributed by atoms with Crippen molar-refractivity contribution in [1.29, 1.82) is 0 Å². The molecule has 8 heteroatoms. The van der Waals surface area contributed by atoms with Crippen molar-refractivity contribution in [2.45, 2.75) is 6.42 Å². The molecule has 0 aliphatic heterocycles. The lowest BCUT2D eigenvalue weighted by molar-refractivity contribution is -0.385. The van der Waals surface area contributed by atoms with Crippen LogP contribution in [0.2, 0.25) is 0 Å². The molecule has 0 spiro atoms. The minimum absolute atomic E-state index is 0.165. The van der Waals surface area contributed by atoms with E-state index in [9.17, 15) is 20.0 Å². The maximum Gasteiger partial charge on any atom is 0.310 e. The fourth-order valence-electron chi connectivity index (χ4n) is 1.65. The number of nitrogens with one attached hydrogen (secondary N) is 2. The first-order chi connectivity index (χ1) is 9.58. The van der Waals surface area contributed by atoms with Crippen LogP contribution in [0.25, 0.3) is 0 Å². The van der Waals surface area contributed by atoms with Gasteiger partial charge in [-0.2, -0.15) is 0 Å². The van der Waals surface area contributed by atoms with E-state index in [1.54, 1.807) is 12.5 Å². The van der Waals surface area contributed by atoms with E-state index in [2.05, 4.69) is 15.3 Å². The summed E-state index contributed by atoms with van der Waals surface area (Å²) in [5.41, 5.74) is 0.619. The van der Waals surface area contributed by atoms with Gasteiger partial charge < -0.3 is 15.4 Å². The van der Waals surface area contributed by atoms with E-state index >= 15 is 0 Å². The number of phenolic OH excluding ortho intramolecular Hbond substituents is 1. The van der Waals surface area contributed by atoms with Crippen molar-refractivity contribution in [3.63, 3.8) is 0 Å². The number of aromatic amines is 1. The maximum absolute atomic E-state index is 11.8. The number of H-pyrrole nitrogens is 1. The molecule has 1 aromatic heterocycles. The minimum atomic E-state index is -0.713. The number of hydrogen-bond acceptors (Lipinski definition) is 5. The van der Waals surface area contributed by atoms with Crippen LogP contribution in [0.3, 0.4) is 0 Å². The number of amides is 1. The Kier molecular flexibility index (Phi) is 3.94. The Morgan fingerprint density at radius 3 is 2.90 bits per heavy atom. The summed E-state index contributed by atoms with van der Waals surface area (Å²) in [7, 11) is 0. The molecule has 0 unspecified atom stereocenters. The normalized spacial score (nSPS) is 10.2. The zero-order valence-corrected chi connectivity index (χ0v) is 10.4. The molecule has 0 fully saturated rings. The molecule has 0 saturated carbocycles. The van der Waals surface area contributed by atoms with E-state index in [1.165, 1.54) is 6.07 Å². The lowest BCUT2D eigenvalue weighted by atomic mass is 10.1. The number of aromatic nitrogens is 2. The zero-order chi connectivity index (χ0) is 14.5. The second-order valence-corrected chi connectivity index (χ2v) is 4.04. The highest BCUT2D eigenvalue weighted by molar-refractivity contribution is 5.95. The molecule has 0 aliphatic rings. The molecule has 0 atom stereocenters. The molecule has 104 valence electrons. The summed E-state index contributed by atoms with van der Waals surface area (Å²) in [6.45, 7) is 0.388. The number of aromatic hydroxyl groups is 1. The Hall–Kier alpha value is -2.90. The van der Waals surface area contributed by atoms with E-state index < -0.39 is 22.3 Å². The summed E-state index contributed by atoms with van der Waals surface area (Å²) in [5.74, 6) is -0.939. The summed E-state index contributed by atoms with van der Waals surface area (Å²) in [6, 6.07) is 3.46. The Bertz CT molecular complexity index is 624. The number of carbonyl (C=O) groups excluding carboxylic acids is 1. The van der Waals surface area contributed by atoms with Gasteiger partial charge in [0, 0.05) is 36.5 Å². The van der Waals surface area contributed by atoms with Crippen molar-refractivity contribution in [3.8, 4) is 5.75 Å². The van der Waals surface area contributed by atoms with Gasteiger partial charge in [-0.05, 0) is 12.1 Å². The summed E-state index contributed by atoms with van der Waals surface area (Å²) >= 11 is 0. The lowest BCUT2D eigenvalue weighted by Gasteiger charge is -2.05. The number of nitro groups is 1. The quantitative estimate of drug-likeness (QED) is 0.555. The van der Waals surface area contributed by atoms with Crippen LogP contribution in [-0.2, 0) is 6.42 Å². The van der Waals surface area contributed by atoms with Gasteiger partial charge in [0.25, 0.3) is 5.91 Å². The van der Waals surface area contributed by atoms with Gasteiger partial charge in [0.1, 0.15) is 0 Å². The largest absolute Gasteiger partial charge is 0.502 e. The first-order valence-electron chi connectivity index (χ1n) is 5.81. The maximum atomic E-state index is 11.8. The highest BCUT2D eigenvalue weighted by atomic mass is 16.6. The number of benzene rings is 1. The van der Waals surface area contributed by atoms with Crippen molar-refractivity contribution in [2.24, 2.45) is 0 Å². The number of imidazole rings is 1. The summed E-state index contributed by atoms with van der Waals surface area (Å²) in [6.07, 6.45) is 3.79. The summed E-state index contributed by atoms with van der Waals surface area (Å²) in [5, 5.41) is 22.6. The van der Waals surface area contributed by atoms with Crippen LogP contribution in [0.1, 0.15) is 16.1 Å². The Balaban J connectivity index is 1.95. The van der Waals surface area contributed by atoms with E-state index in [4.69, 9.17) is 0 Å². The predicted octanol–water partition coefficient (Wildman–Crippen LogP) is 0.996. The van der Waals surface area contributed by atoms with Crippen LogP contribution in [0.15, 0.2) is 30.7 Å². The van der Waals surface area contributed by atoms with Crippen LogP contribution in [0.5, 0.6) is 5.75 Å². The number of hydrogen-bond donors (Lipinski definition) is 3. The Morgan fingerprint density at radius 2 is 2.30 bits per heavy atom. The van der Waals surface area contributed by atoms with Crippen molar-refractivity contribution < 1.29 is 14.8 Å². The molecular weight excluding hydrogens is 264 g/mol. The van der Waals surface area contributed by atoms with Crippen LogP contribution in [-0.4, -0.2) is 32.4 Å². The molecule has 0 aliphatic carbocycles. The van der Waals surface area contributed by atoms with Crippen molar-refractivity contribution in [1.82, 2.24) is 15.3 Å². The number of nitrogens with zero attached hydrogens (tertiary/aromatic N) is 2. The second kappa shape index (κ2) is 5.83. The predicted molar refractivity (Wildman–Crippen MR) is 69.4 cm³/mol. The molecule has 20 heavy (non-hydrogen) atoms. The monoisotopic (exact) mass is 276 g/mol. The van der Waals surface area contributed by atoms with Gasteiger partial charge in [-0.1, -0.05) is 0 Å². The van der Waals surface area contributed by atoms with Crippen LogP contribution < -0.4 is 5.32 Å². The first kappa shape index (κ1) is 13.5. The molecule has 2 aromatic rings. The highest BCUT2D eigenvalue weighted by Crippen LogP contribution is 2.26. The van der Waals surface area contributed by atoms with Crippen molar-refractivity contribution >= 4 is 11.6 Å². The molecule has 3 N–H and O–H groups in total. The highest BCUT2D eigenvalue weighted by Gasteiger charge is 2.15. The van der Waals surface area contributed by atoms with Crippen LogP contribution in [0.4, 0.5) is 5.69 Å². The molecule has 2 rings (SSSR count). The van der Waals surface area contributed by atoms with Gasteiger partial charge in [-0.25, -0.2) is 4.98 Å². The van der Waals surface area contributed by atoms with Gasteiger partial charge in [0.05, 0.1) is 11.3 Å². The molecule has 1 amide bonds. The smallest absolute Gasteiger partial charge is 0.310 e. The Morgan fingerprint density at radius 1 is 1.50 bits per heavy atom. The van der Waals surface area contributed by atoms with E-state index in [-0.39, 0.29) is 5.56 Å². The molecule has 0 saturated heterocycles. The van der Waals surface area contributed by atoms with Gasteiger partial charge in [0.2, 0.25) is 0 Å². The van der Waals surface area contributed by atoms with Crippen molar-refractivity contribution in [2.75, 3.05) is 6.54 Å². The average Bonchev–Trinajstić information content (AvgIpc) is 2.91. The number of nitro benzene ring substituents is 1. The van der Waals surface area contributed by atoms with Gasteiger partial charge in [0.15, 0.2) is 5.75 Å². The summed E-state index contributed by atoms with van der Waals surface area (Å²) < 4.78 is 0. The molecule has 8 nitrogen and oxygen atoms in total. The molecular formula is C12H12N4O4. The minimum Gasteiger partial charge on any atom is -0.502 e. The van der Waals surface area contributed by atoms with E-state index in [0.717, 1.165) is 17.8 Å². The van der Waals surface area contributed by atoms with Crippen molar-refractivity contribution in [3.05, 3.63) is 52.1 Å². The SMILES string of the molecule is O=C(NCCc1cnc[nH]1)c1ccc([N+](=O)[O-])c(O)c1. The molecule has 0 bridgehead atoms. The third-order valence-electron chi connectivity index (χ3n) is 2.67. The third kappa shape index (κ3) is 3.10. The second-order valence-electron chi connectivity index (χ2n) is 4.04. The lowest BCUT2D eigenvalue weighted by Crippen LogP contribution is -2.25. The molecule has 1 aromatic carbocycles. The number of phenols is 1. The third-order valence-corrected chi connectivity index (χ3v) is 2.67. The molecule has 0 radical (unpaired) electrons. The van der Waals surface area contributed by atoms with Gasteiger partial charge >= 0.3 is 5.69 Å². The Labute approximate surface area is 113 Å². The average molecular weight is 276 g/mol. The fraction of sp³-hybridized carbons (Fsp3) is 0.167. The first-order valence-corrected chi connectivity index (χ1v) is 5.81. The standard InChI is InChI=1S/C12H12N4O4/c17-11-5-8(1-2-10(11)16(19)20)12(18)14-4-3-9-6-13-7-15-9/h1-2,5-7,17H,3-4H2,(H,13,15)(H,14,18). The number of rotatable bonds is 5. The molecule has 1 heterocycles.